The lowest BCUT2D eigenvalue weighted by atomic mass is 9.77. The quantitative estimate of drug-likeness (QED) is 0.597. The zero-order valence-electron chi connectivity index (χ0n) is 13.8. The van der Waals surface area contributed by atoms with Crippen molar-refractivity contribution in [1.29, 1.82) is 0 Å². The molecule has 0 aromatic heterocycles. The normalized spacial score (nSPS) is 25.2. The molecule has 0 aliphatic carbocycles. The third-order valence-electron chi connectivity index (χ3n) is 4.58. The fraction of sp³-hybridized carbons (Fsp3) is 0.875. The van der Waals surface area contributed by atoms with Crippen LogP contribution in [0.4, 0.5) is 0 Å². The highest BCUT2D eigenvalue weighted by atomic mass is 16.8. The fourth-order valence-electron chi connectivity index (χ4n) is 2.81. The maximum absolute atomic E-state index is 12.4. The predicted molar refractivity (Wildman–Crippen MR) is 79.5 cm³/mol. The fourth-order valence-corrected chi connectivity index (χ4v) is 2.81. The van der Waals surface area contributed by atoms with E-state index in [9.17, 15) is 19.8 Å². The third-order valence-corrected chi connectivity index (χ3v) is 4.58. The van der Waals surface area contributed by atoms with Gasteiger partial charge in [-0.1, -0.05) is 27.2 Å². The lowest BCUT2D eigenvalue weighted by Crippen LogP contribution is -2.51. The van der Waals surface area contributed by atoms with Crippen LogP contribution in [0.15, 0.2) is 0 Å². The highest BCUT2D eigenvalue weighted by Crippen LogP contribution is 2.37. The molecular formula is C16H28O6. The van der Waals surface area contributed by atoms with Gasteiger partial charge in [0.2, 0.25) is 0 Å². The molecule has 6 heteroatoms. The second-order valence-corrected chi connectivity index (χ2v) is 6.01. The van der Waals surface area contributed by atoms with Gasteiger partial charge < -0.3 is 19.7 Å². The number of aliphatic hydroxyl groups is 2. The van der Waals surface area contributed by atoms with Crippen molar-refractivity contribution < 1.29 is 29.3 Å². The molecule has 0 spiro atoms. The topological polar surface area (TPSA) is 93.1 Å². The Bertz CT molecular complexity index is 386. The molecule has 1 unspecified atom stereocenters. The first-order chi connectivity index (χ1) is 10.3. The zero-order valence-corrected chi connectivity index (χ0v) is 13.8. The first kappa shape index (κ1) is 18.9. The smallest absolute Gasteiger partial charge is 0.363 e. The Morgan fingerprint density at radius 1 is 1.18 bits per heavy atom. The molecule has 128 valence electrons. The average molecular weight is 316 g/mol. The summed E-state index contributed by atoms with van der Waals surface area (Å²) in [4.78, 5) is 24.3. The average Bonchev–Trinajstić information content (AvgIpc) is 2.46. The van der Waals surface area contributed by atoms with Crippen LogP contribution in [0.3, 0.4) is 0 Å². The lowest BCUT2D eigenvalue weighted by molar-refractivity contribution is -0.363. The number of ether oxygens (including phenoxy) is 2. The van der Waals surface area contributed by atoms with Crippen LogP contribution >= 0.6 is 0 Å². The number of cyclic esters (lactones) is 2. The van der Waals surface area contributed by atoms with E-state index in [1.54, 1.807) is 0 Å². The van der Waals surface area contributed by atoms with Crippen LogP contribution in [-0.2, 0) is 19.1 Å². The molecule has 0 saturated carbocycles. The Morgan fingerprint density at radius 3 is 2.36 bits per heavy atom. The minimum Gasteiger partial charge on any atom is -0.452 e. The van der Waals surface area contributed by atoms with Crippen molar-refractivity contribution in [3.8, 4) is 0 Å². The van der Waals surface area contributed by atoms with Crippen LogP contribution in [0.25, 0.3) is 0 Å². The summed E-state index contributed by atoms with van der Waals surface area (Å²) < 4.78 is 10.1. The van der Waals surface area contributed by atoms with Crippen molar-refractivity contribution >= 4 is 11.9 Å². The van der Waals surface area contributed by atoms with Crippen molar-refractivity contribution in [3.05, 3.63) is 0 Å². The van der Waals surface area contributed by atoms with E-state index in [2.05, 4.69) is 0 Å². The van der Waals surface area contributed by atoms with Crippen molar-refractivity contribution in [3.63, 3.8) is 0 Å². The van der Waals surface area contributed by atoms with Gasteiger partial charge in [-0.2, -0.15) is 0 Å². The Morgan fingerprint density at radius 2 is 1.82 bits per heavy atom. The Balaban J connectivity index is 3.04. The van der Waals surface area contributed by atoms with Crippen LogP contribution in [-0.4, -0.2) is 34.2 Å². The molecule has 1 aliphatic rings. The molecule has 2 N–H and O–H groups in total. The second-order valence-electron chi connectivity index (χ2n) is 6.01. The van der Waals surface area contributed by atoms with Crippen molar-refractivity contribution in [1.82, 2.24) is 0 Å². The van der Waals surface area contributed by atoms with Gasteiger partial charge in [0.1, 0.15) is 0 Å². The largest absolute Gasteiger partial charge is 0.452 e. The van der Waals surface area contributed by atoms with Crippen LogP contribution in [0.2, 0.25) is 0 Å². The number of unbranched alkanes of at least 4 members (excludes halogenated alkanes) is 1. The van der Waals surface area contributed by atoms with Crippen LogP contribution in [0.5, 0.6) is 0 Å². The molecular weight excluding hydrogens is 288 g/mol. The molecule has 0 aromatic carbocycles. The number of carbonyl (C=O) groups is 2. The van der Waals surface area contributed by atoms with Crippen molar-refractivity contribution in [2.75, 3.05) is 0 Å². The molecule has 1 saturated heterocycles. The first-order valence-electron chi connectivity index (χ1n) is 8.19. The van der Waals surface area contributed by atoms with Crippen molar-refractivity contribution in [2.24, 2.45) is 5.41 Å². The van der Waals surface area contributed by atoms with Gasteiger partial charge in [-0.25, -0.2) is 0 Å². The van der Waals surface area contributed by atoms with Crippen molar-refractivity contribution in [2.45, 2.75) is 84.2 Å². The summed E-state index contributed by atoms with van der Waals surface area (Å²) >= 11 is 0. The third kappa shape index (κ3) is 4.43. The molecule has 0 aromatic rings. The second kappa shape index (κ2) is 7.92. The maximum atomic E-state index is 12.4. The maximum Gasteiger partial charge on any atom is 0.363 e. The highest BCUT2D eigenvalue weighted by Gasteiger charge is 2.47. The Labute approximate surface area is 131 Å². The van der Waals surface area contributed by atoms with E-state index >= 15 is 0 Å². The standard InChI is InChI=1S/C16H28O6/c1-4-7-9-12-16(19,20)22-14(18)15(5-2,6-3)11-8-10-13(17)21-12/h12,19-20H,4-11H2,1-3H3. The van der Waals surface area contributed by atoms with Crippen LogP contribution in [0, 0.1) is 5.41 Å². The lowest BCUT2D eigenvalue weighted by Gasteiger charge is -2.36. The minimum absolute atomic E-state index is 0.160. The summed E-state index contributed by atoms with van der Waals surface area (Å²) in [7, 11) is 0. The van der Waals surface area contributed by atoms with Gasteiger partial charge in [0.05, 0.1) is 5.41 Å². The highest BCUT2D eigenvalue weighted by molar-refractivity contribution is 5.77. The van der Waals surface area contributed by atoms with Gasteiger partial charge in [-0.15, -0.1) is 0 Å². The molecule has 22 heavy (non-hydrogen) atoms. The number of hydrogen-bond acceptors (Lipinski definition) is 6. The molecule has 1 rings (SSSR count). The first-order valence-corrected chi connectivity index (χ1v) is 8.19. The molecule has 1 heterocycles. The Kier molecular flexibility index (Phi) is 6.81. The minimum atomic E-state index is -2.78. The van der Waals surface area contributed by atoms with Gasteiger partial charge >= 0.3 is 17.9 Å². The van der Waals surface area contributed by atoms with E-state index in [-0.39, 0.29) is 12.8 Å². The zero-order chi connectivity index (χ0) is 16.8. The number of carbonyl (C=O) groups excluding carboxylic acids is 2. The van der Waals surface area contributed by atoms with Gasteiger partial charge in [-0.3, -0.25) is 9.59 Å². The molecule has 0 radical (unpaired) electrons. The summed E-state index contributed by atoms with van der Waals surface area (Å²) in [6, 6.07) is 0. The van der Waals surface area contributed by atoms with Gasteiger partial charge in [0.25, 0.3) is 0 Å². The van der Waals surface area contributed by atoms with E-state index < -0.39 is 29.4 Å². The summed E-state index contributed by atoms with van der Waals surface area (Å²) in [6.45, 7) is 5.66. The molecule has 0 bridgehead atoms. The Hall–Kier alpha value is -1.14. The summed E-state index contributed by atoms with van der Waals surface area (Å²) in [6.07, 6.45) is 2.58. The molecule has 0 amide bonds. The molecule has 1 fully saturated rings. The van der Waals surface area contributed by atoms with E-state index in [0.29, 0.717) is 32.1 Å². The number of hydrogen-bond donors (Lipinski definition) is 2. The molecule has 1 aliphatic heterocycles. The van der Waals surface area contributed by atoms with Gasteiger partial charge in [-0.05, 0) is 38.5 Å². The summed E-state index contributed by atoms with van der Waals surface area (Å²) in [5.41, 5.74) is -0.788. The molecule has 6 nitrogen and oxygen atoms in total. The van der Waals surface area contributed by atoms with Crippen LogP contribution < -0.4 is 0 Å². The van der Waals surface area contributed by atoms with E-state index in [4.69, 9.17) is 9.47 Å². The summed E-state index contributed by atoms with van der Waals surface area (Å²) in [5, 5.41) is 20.3. The van der Waals surface area contributed by atoms with Gasteiger partial charge in [0.15, 0.2) is 6.10 Å². The summed E-state index contributed by atoms with van der Waals surface area (Å²) in [5.74, 6) is -3.91. The number of rotatable bonds is 5. The van der Waals surface area contributed by atoms with E-state index in [0.717, 1.165) is 6.42 Å². The number of esters is 2. The SMILES string of the molecule is CCCCC1OC(=O)CCCC(CC)(CC)C(=O)OC1(O)O. The van der Waals surface area contributed by atoms with E-state index in [1.807, 2.05) is 20.8 Å². The monoisotopic (exact) mass is 316 g/mol. The predicted octanol–water partition coefficient (Wildman–Crippen LogP) is 2.26. The molecule has 1 atom stereocenters. The van der Waals surface area contributed by atoms with Crippen LogP contribution in [0.1, 0.15) is 72.1 Å². The van der Waals surface area contributed by atoms with Gasteiger partial charge in [0, 0.05) is 6.42 Å². The van der Waals surface area contributed by atoms with E-state index in [1.165, 1.54) is 0 Å².